The van der Waals surface area contributed by atoms with Gasteiger partial charge in [0.15, 0.2) is 0 Å². The first-order valence-electron chi connectivity index (χ1n) is 12.1. The molecule has 1 aromatic heterocycles. The molecule has 35 heavy (non-hydrogen) atoms. The lowest BCUT2D eigenvalue weighted by Crippen LogP contribution is -2.42. The Hall–Kier alpha value is -3.14. The molecule has 1 fully saturated rings. The fourth-order valence-corrected chi connectivity index (χ4v) is 4.94. The van der Waals surface area contributed by atoms with E-state index in [0.29, 0.717) is 30.2 Å². The van der Waals surface area contributed by atoms with Gasteiger partial charge in [0.2, 0.25) is 0 Å². The normalized spacial score (nSPS) is 19.1. The van der Waals surface area contributed by atoms with Crippen LogP contribution in [-0.2, 0) is 0 Å². The zero-order valence-electron chi connectivity index (χ0n) is 20.4. The molecule has 184 valence electrons. The molecule has 0 unspecified atom stereocenters. The largest absolute Gasteiger partial charge is 0.497 e. The van der Waals surface area contributed by atoms with Gasteiger partial charge in [-0.25, -0.2) is 4.39 Å². The number of fused-ring (bicyclic) bond motifs is 1. The Labute approximate surface area is 206 Å². The maximum Gasteiger partial charge on any atom is 0.134 e. The second-order valence-electron chi connectivity index (χ2n) is 9.06. The van der Waals surface area contributed by atoms with Gasteiger partial charge in [-0.1, -0.05) is 24.0 Å². The smallest absolute Gasteiger partial charge is 0.134 e. The second-order valence-corrected chi connectivity index (χ2v) is 9.06. The third-order valence-corrected chi connectivity index (χ3v) is 6.95. The Morgan fingerprint density at radius 2 is 2.00 bits per heavy atom. The quantitative estimate of drug-likeness (QED) is 0.463. The second kappa shape index (κ2) is 12.0. The number of likely N-dealkylation sites (tertiary alicyclic amines) is 1. The van der Waals surface area contributed by atoms with E-state index in [9.17, 15) is 5.11 Å². The lowest BCUT2D eigenvalue weighted by Gasteiger charge is -2.37. The number of rotatable bonds is 8. The summed E-state index contributed by atoms with van der Waals surface area (Å²) in [4.78, 5) is 6.63. The third kappa shape index (κ3) is 6.11. The van der Waals surface area contributed by atoms with Crippen molar-refractivity contribution in [1.82, 2.24) is 9.88 Å². The van der Waals surface area contributed by atoms with Crippen LogP contribution < -0.4 is 9.47 Å². The van der Waals surface area contributed by atoms with Crippen molar-refractivity contribution in [1.29, 1.82) is 0 Å². The van der Waals surface area contributed by atoms with E-state index < -0.39 is 6.17 Å². The molecule has 1 aliphatic heterocycles. The summed E-state index contributed by atoms with van der Waals surface area (Å²) in [6.07, 6.45) is 2.67. The SMILES string of the molecule is COc1ccc2nccc([C@@H](F)CC[C@@H]3CCN(CC#Cc4ccccc4OC)C[C@@H]3CO)c2c1. The predicted octanol–water partition coefficient (Wildman–Crippen LogP) is 5.02. The summed E-state index contributed by atoms with van der Waals surface area (Å²) in [5, 5.41) is 10.8. The molecule has 0 radical (unpaired) electrons. The van der Waals surface area contributed by atoms with Crippen LogP contribution >= 0.6 is 0 Å². The number of para-hydroxylation sites is 1. The molecule has 1 N–H and O–H groups in total. The molecule has 2 heterocycles. The molecule has 1 saturated heterocycles. The van der Waals surface area contributed by atoms with Crippen LogP contribution in [0.1, 0.15) is 36.6 Å². The zero-order valence-corrected chi connectivity index (χ0v) is 20.4. The topological polar surface area (TPSA) is 54.8 Å². The molecule has 0 amide bonds. The van der Waals surface area contributed by atoms with Crippen molar-refractivity contribution < 1.29 is 19.0 Å². The molecule has 6 heteroatoms. The van der Waals surface area contributed by atoms with Gasteiger partial charge in [0, 0.05) is 24.7 Å². The van der Waals surface area contributed by atoms with Gasteiger partial charge in [-0.3, -0.25) is 9.88 Å². The number of methoxy groups -OCH3 is 2. The summed E-state index contributed by atoms with van der Waals surface area (Å²) < 4.78 is 26.1. The molecular weight excluding hydrogens is 443 g/mol. The Morgan fingerprint density at radius 3 is 2.80 bits per heavy atom. The van der Waals surface area contributed by atoms with E-state index >= 15 is 4.39 Å². The van der Waals surface area contributed by atoms with Crippen LogP contribution in [0.3, 0.4) is 0 Å². The van der Waals surface area contributed by atoms with Crippen LogP contribution in [0.15, 0.2) is 54.7 Å². The zero-order chi connectivity index (χ0) is 24.6. The highest BCUT2D eigenvalue weighted by molar-refractivity contribution is 5.83. The summed E-state index contributed by atoms with van der Waals surface area (Å²) in [7, 11) is 3.25. The first kappa shape index (κ1) is 25.0. The number of halogens is 1. The monoisotopic (exact) mass is 476 g/mol. The molecule has 0 bridgehead atoms. The number of alkyl halides is 1. The standard InChI is InChI=1S/C29H33FN2O3/c1-34-24-10-12-28-26(18-24)25(13-15-31-28)27(30)11-9-21-14-17-32(19-23(21)20-33)16-5-7-22-6-3-4-8-29(22)35-2/h3-4,6,8,10,12-13,15,18,21,23,27,33H,9,11,14,16-17,19-20H2,1-2H3/t21-,23-,27+/m1/s1. The van der Waals surface area contributed by atoms with Gasteiger partial charge >= 0.3 is 0 Å². The van der Waals surface area contributed by atoms with E-state index in [1.54, 1.807) is 26.5 Å². The van der Waals surface area contributed by atoms with Gasteiger partial charge in [0.25, 0.3) is 0 Å². The average Bonchev–Trinajstić information content (AvgIpc) is 2.91. The summed E-state index contributed by atoms with van der Waals surface area (Å²) in [6.45, 7) is 2.41. The fourth-order valence-electron chi connectivity index (χ4n) is 4.94. The minimum atomic E-state index is -1.09. The maximum atomic E-state index is 15.4. The van der Waals surface area contributed by atoms with Crippen molar-refractivity contribution in [3.8, 4) is 23.3 Å². The summed E-state index contributed by atoms with van der Waals surface area (Å²) in [5.41, 5.74) is 2.29. The number of hydrogen-bond donors (Lipinski definition) is 1. The van der Waals surface area contributed by atoms with Crippen LogP contribution in [0, 0.1) is 23.7 Å². The number of pyridine rings is 1. The molecule has 4 rings (SSSR count). The Bertz CT molecular complexity index is 1190. The lowest BCUT2D eigenvalue weighted by molar-refractivity contribution is 0.0708. The van der Waals surface area contributed by atoms with Crippen LogP contribution in [0.4, 0.5) is 4.39 Å². The van der Waals surface area contributed by atoms with Gasteiger partial charge in [0.05, 0.1) is 31.8 Å². The molecular formula is C29H33FN2O3. The van der Waals surface area contributed by atoms with Crippen molar-refractivity contribution >= 4 is 10.9 Å². The van der Waals surface area contributed by atoms with Crippen molar-refractivity contribution in [3.63, 3.8) is 0 Å². The molecule has 0 saturated carbocycles. The molecule has 2 aromatic carbocycles. The minimum absolute atomic E-state index is 0.105. The fraction of sp³-hybridized carbons (Fsp3) is 0.414. The van der Waals surface area contributed by atoms with E-state index in [-0.39, 0.29) is 12.5 Å². The number of ether oxygens (including phenoxy) is 2. The van der Waals surface area contributed by atoms with Gasteiger partial charge in [-0.15, -0.1) is 0 Å². The van der Waals surface area contributed by atoms with Gasteiger partial charge in [-0.2, -0.15) is 0 Å². The maximum absolute atomic E-state index is 15.4. The van der Waals surface area contributed by atoms with E-state index in [0.717, 1.165) is 48.1 Å². The minimum Gasteiger partial charge on any atom is -0.497 e. The Kier molecular flexibility index (Phi) is 8.57. The number of aliphatic hydroxyl groups excluding tert-OH is 1. The highest BCUT2D eigenvalue weighted by Crippen LogP contribution is 2.35. The van der Waals surface area contributed by atoms with Gasteiger partial charge in [0.1, 0.15) is 17.7 Å². The van der Waals surface area contributed by atoms with Crippen LogP contribution in [-0.4, -0.2) is 55.5 Å². The molecule has 0 spiro atoms. The summed E-state index contributed by atoms with van der Waals surface area (Å²) >= 11 is 0. The number of hydrogen-bond acceptors (Lipinski definition) is 5. The van der Waals surface area contributed by atoms with E-state index in [1.807, 2.05) is 42.5 Å². The highest BCUT2D eigenvalue weighted by Gasteiger charge is 2.29. The number of aliphatic hydroxyl groups is 1. The van der Waals surface area contributed by atoms with Crippen molar-refractivity contribution in [2.45, 2.75) is 25.4 Å². The van der Waals surface area contributed by atoms with Crippen molar-refractivity contribution in [3.05, 3.63) is 65.9 Å². The molecule has 3 atom stereocenters. The van der Waals surface area contributed by atoms with Crippen LogP contribution in [0.5, 0.6) is 11.5 Å². The van der Waals surface area contributed by atoms with Gasteiger partial charge in [-0.05, 0) is 79.6 Å². The first-order valence-corrected chi connectivity index (χ1v) is 12.1. The first-order chi connectivity index (χ1) is 17.1. The molecule has 3 aromatic rings. The van der Waals surface area contributed by atoms with Crippen LogP contribution in [0.25, 0.3) is 10.9 Å². The van der Waals surface area contributed by atoms with Crippen LogP contribution in [0.2, 0.25) is 0 Å². The van der Waals surface area contributed by atoms with Crippen molar-refractivity contribution in [2.75, 3.05) is 40.5 Å². The highest BCUT2D eigenvalue weighted by atomic mass is 19.1. The number of piperidine rings is 1. The molecule has 0 aliphatic carbocycles. The lowest BCUT2D eigenvalue weighted by atomic mass is 9.81. The molecule has 5 nitrogen and oxygen atoms in total. The molecule has 1 aliphatic rings. The summed E-state index contributed by atoms with van der Waals surface area (Å²) in [5.74, 6) is 8.32. The number of aromatic nitrogens is 1. The van der Waals surface area contributed by atoms with E-state index in [1.165, 1.54) is 0 Å². The van der Waals surface area contributed by atoms with Crippen molar-refractivity contribution in [2.24, 2.45) is 11.8 Å². The van der Waals surface area contributed by atoms with Gasteiger partial charge < -0.3 is 14.6 Å². The van der Waals surface area contributed by atoms with E-state index in [2.05, 4.69) is 21.7 Å². The number of benzene rings is 2. The predicted molar refractivity (Wildman–Crippen MR) is 136 cm³/mol. The summed E-state index contributed by atoms with van der Waals surface area (Å²) in [6, 6.07) is 15.0. The Balaban J connectivity index is 1.34. The average molecular weight is 477 g/mol. The third-order valence-electron chi connectivity index (χ3n) is 6.95. The Morgan fingerprint density at radius 1 is 1.14 bits per heavy atom. The number of nitrogens with zero attached hydrogens (tertiary/aromatic N) is 2. The van der Waals surface area contributed by atoms with E-state index in [4.69, 9.17) is 9.47 Å².